The Labute approximate surface area is 81.7 Å². The smallest absolute Gasteiger partial charge is 0.411 e. The van der Waals surface area contributed by atoms with Crippen LogP contribution in [0.15, 0.2) is 18.2 Å². The summed E-state index contributed by atoms with van der Waals surface area (Å²) in [6, 6.07) is 5.23. The molecule has 0 saturated carbocycles. The topological polar surface area (TPSA) is 38.3 Å². The summed E-state index contributed by atoms with van der Waals surface area (Å²) in [7, 11) is 2.99. The van der Waals surface area contributed by atoms with Gasteiger partial charge in [0, 0.05) is 10.7 Å². The maximum atomic E-state index is 10.8. The molecule has 1 radical (unpaired) electrons. The zero-order chi connectivity index (χ0) is 9.84. The number of nitrogens with one attached hydrogen (secondary N) is 1. The van der Waals surface area contributed by atoms with Gasteiger partial charge in [-0.1, -0.05) is 17.7 Å². The lowest BCUT2D eigenvalue weighted by Crippen LogP contribution is -2.10. The van der Waals surface area contributed by atoms with Gasteiger partial charge in [-0.15, -0.1) is 0 Å². The third-order valence-electron chi connectivity index (χ3n) is 1.64. The van der Waals surface area contributed by atoms with E-state index in [-0.39, 0.29) is 0 Å². The maximum absolute atomic E-state index is 10.8. The molecule has 0 saturated heterocycles. The lowest BCUT2D eigenvalue weighted by Gasteiger charge is -2.07. The van der Waals surface area contributed by atoms with E-state index in [4.69, 9.17) is 11.6 Å². The molecule has 0 aliphatic rings. The molecule has 0 aliphatic heterocycles. The van der Waals surface area contributed by atoms with Crippen LogP contribution in [-0.4, -0.2) is 6.09 Å². The van der Waals surface area contributed by atoms with Crippen LogP contribution in [0.4, 0.5) is 10.5 Å². The number of benzene rings is 1. The number of halogens is 1. The number of carbonyl (C=O) groups is 1. The monoisotopic (exact) mass is 198 g/mol. The summed E-state index contributed by atoms with van der Waals surface area (Å²) in [5.41, 5.74) is 1.43. The zero-order valence-electron chi connectivity index (χ0n) is 7.13. The summed E-state index contributed by atoms with van der Waals surface area (Å²) in [6.45, 7) is 1.81. The van der Waals surface area contributed by atoms with Gasteiger partial charge in [0.2, 0.25) is 0 Å². The van der Waals surface area contributed by atoms with Crippen LogP contribution < -0.4 is 5.32 Å². The number of ether oxygens (including phenoxy) is 1. The second-order valence-corrected chi connectivity index (χ2v) is 2.88. The Kier molecular flexibility index (Phi) is 3.14. The Morgan fingerprint density at radius 2 is 2.31 bits per heavy atom. The standard InChI is InChI=1S/C9H9ClNO2/c1-6-7(10)4-3-5-8(6)11-9(12)13-2/h3-5H,2H2,1H3,(H,11,12). The van der Waals surface area contributed by atoms with Crippen LogP contribution in [0.5, 0.6) is 0 Å². The Morgan fingerprint density at radius 3 is 2.92 bits per heavy atom. The van der Waals surface area contributed by atoms with Crippen LogP contribution in [0.25, 0.3) is 0 Å². The summed E-state index contributed by atoms with van der Waals surface area (Å²) in [5.74, 6) is 0. The highest BCUT2D eigenvalue weighted by molar-refractivity contribution is 6.31. The summed E-state index contributed by atoms with van der Waals surface area (Å²) in [4.78, 5) is 10.8. The van der Waals surface area contributed by atoms with Crippen molar-refractivity contribution >= 4 is 23.4 Å². The average molecular weight is 199 g/mol. The Balaban J connectivity index is 2.89. The summed E-state index contributed by atoms with van der Waals surface area (Å²) >= 11 is 5.83. The number of anilines is 1. The maximum Gasteiger partial charge on any atom is 0.411 e. The van der Waals surface area contributed by atoms with Gasteiger partial charge in [-0.2, -0.15) is 0 Å². The fourth-order valence-electron chi connectivity index (χ4n) is 0.889. The minimum atomic E-state index is -0.606. The Bertz CT molecular complexity index is 325. The van der Waals surface area contributed by atoms with E-state index in [0.29, 0.717) is 10.7 Å². The van der Waals surface area contributed by atoms with Gasteiger partial charge in [0.1, 0.15) is 7.11 Å². The van der Waals surface area contributed by atoms with Crippen molar-refractivity contribution in [2.75, 3.05) is 5.32 Å². The van der Waals surface area contributed by atoms with Crippen LogP contribution in [-0.2, 0) is 4.74 Å². The normalized spacial score (nSPS) is 9.46. The first-order valence-electron chi connectivity index (χ1n) is 3.63. The molecule has 0 aromatic heterocycles. The average Bonchev–Trinajstić information content (AvgIpc) is 2.13. The van der Waals surface area contributed by atoms with Crippen molar-refractivity contribution in [3.05, 3.63) is 35.9 Å². The Morgan fingerprint density at radius 1 is 1.62 bits per heavy atom. The highest BCUT2D eigenvalue weighted by Gasteiger charge is 2.05. The quantitative estimate of drug-likeness (QED) is 0.754. The van der Waals surface area contributed by atoms with Gasteiger partial charge in [0.25, 0.3) is 0 Å². The van der Waals surface area contributed by atoms with Crippen LogP contribution in [0, 0.1) is 14.0 Å². The lowest BCUT2D eigenvalue weighted by molar-refractivity contribution is 0.199. The molecule has 0 fully saturated rings. The first kappa shape index (κ1) is 9.86. The van der Waals surface area contributed by atoms with Gasteiger partial charge >= 0.3 is 6.09 Å². The third kappa shape index (κ3) is 2.36. The molecule has 4 heteroatoms. The van der Waals surface area contributed by atoms with Crippen LogP contribution in [0.1, 0.15) is 5.56 Å². The molecule has 3 nitrogen and oxygen atoms in total. The molecule has 1 aromatic carbocycles. The van der Waals surface area contributed by atoms with E-state index < -0.39 is 6.09 Å². The molecule has 0 spiro atoms. The molecule has 1 amide bonds. The first-order valence-corrected chi connectivity index (χ1v) is 4.01. The molecule has 69 valence electrons. The highest BCUT2D eigenvalue weighted by atomic mass is 35.5. The van der Waals surface area contributed by atoms with E-state index in [2.05, 4.69) is 17.2 Å². The van der Waals surface area contributed by atoms with E-state index in [9.17, 15) is 4.79 Å². The van der Waals surface area contributed by atoms with Gasteiger partial charge in [-0.25, -0.2) is 4.79 Å². The fraction of sp³-hybridized carbons (Fsp3) is 0.111. The lowest BCUT2D eigenvalue weighted by atomic mass is 10.2. The van der Waals surface area contributed by atoms with Gasteiger partial charge in [0.15, 0.2) is 0 Å². The van der Waals surface area contributed by atoms with Crippen LogP contribution in [0.2, 0.25) is 5.02 Å². The molecule has 0 unspecified atom stereocenters. The van der Waals surface area contributed by atoms with Crippen molar-refractivity contribution in [2.45, 2.75) is 6.92 Å². The highest BCUT2D eigenvalue weighted by Crippen LogP contribution is 2.22. The summed E-state index contributed by atoms with van der Waals surface area (Å²) in [5, 5.41) is 3.09. The zero-order valence-corrected chi connectivity index (χ0v) is 7.89. The molecule has 1 N–H and O–H groups in total. The number of hydrogen-bond acceptors (Lipinski definition) is 2. The van der Waals surface area contributed by atoms with E-state index in [1.54, 1.807) is 25.1 Å². The van der Waals surface area contributed by atoms with Crippen molar-refractivity contribution in [1.82, 2.24) is 0 Å². The van der Waals surface area contributed by atoms with Crippen LogP contribution in [0.3, 0.4) is 0 Å². The summed E-state index contributed by atoms with van der Waals surface area (Å²) in [6.07, 6.45) is -0.606. The van der Waals surface area contributed by atoms with E-state index in [0.717, 1.165) is 5.56 Å². The van der Waals surface area contributed by atoms with Gasteiger partial charge in [-0.05, 0) is 24.6 Å². The van der Waals surface area contributed by atoms with Crippen molar-refractivity contribution in [2.24, 2.45) is 0 Å². The van der Waals surface area contributed by atoms with Crippen molar-refractivity contribution in [1.29, 1.82) is 0 Å². The number of amides is 1. The molecule has 0 heterocycles. The molecule has 0 aliphatic carbocycles. The van der Waals surface area contributed by atoms with E-state index in [1.165, 1.54) is 0 Å². The van der Waals surface area contributed by atoms with Crippen LogP contribution >= 0.6 is 11.6 Å². The van der Waals surface area contributed by atoms with Crippen molar-refractivity contribution in [3.63, 3.8) is 0 Å². The second kappa shape index (κ2) is 4.14. The SMILES string of the molecule is [CH2]OC(=O)Nc1cccc(Cl)c1C. The fourth-order valence-corrected chi connectivity index (χ4v) is 1.06. The molecule has 1 aromatic rings. The number of rotatable bonds is 1. The molecular formula is C9H9ClNO2. The molecule has 0 atom stereocenters. The van der Waals surface area contributed by atoms with E-state index in [1.807, 2.05) is 0 Å². The van der Waals surface area contributed by atoms with Gasteiger partial charge in [-0.3, -0.25) is 5.32 Å². The second-order valence-electron chi connectivity index (χ2n) is 2.47. The van der Waals surface area contributed by atoms with Crippen molar-refractivity contribution < 1.29 is 9.53 Å². The van der Waals surface area contributed by atoms with Gasteiger partial charge in [0.05, 0.1) is 0 Å². The van der Waals surface area contributed by atoms with Gasteiger partial charge < -0.3 is 4.74 Å². The van der Waals surface area contributed by atoms with Crippen molar-refractivity contribution in [3.8, 4) is 0 Å². The van der Waals surface area contributed by atoms with E-state index >= 15 is 0 Å². The first-order chi connectivity index (χ1) is 6.15. The minimum Gasteiger partial charge on any atom is -0.446 e. The molecule has 1 rings (SSSR count). The Hall–Kier alpha value is -1.22. The largest absolute Gasteiger partial charge is 0.446 e. The molecule has 0 bridgehead atoms. The third-order valence-corrected chi connectivity index (χ3v) is 2.04. The summed E-state index contributed by atoms with van der Waals surface area (Å²) < 4.78 is 4.21. The number of carbonyl (C=O) groups excluding carboxylic acids is 1. The molecule has 13 heavy (non-hydrogen) atoms. The molecular weight excluding hydrogens is 190 g/mol. The minimum absolute atomic E-state index is 0.599. The predicted molar refractivity (Wildman–Crippen MR) is 51.6 cm³/mol. The predicted octanol–water partition coefficient (Wildman–Crippen LogP) is 2.99. The number of hydrogen-bond donors (Lipinski definition) is 1.